The molecular weight excluding hydrogens is 375 g/mol. The SMILES string of the molecule is O=C(CN1C(=O)c2cccc([N+](=O)[O-])c2C1=O)OCCOc1ccc(F)cc1. The zero-order valence-corrected chi connectivity index (χ0v) is 14.3. The van der Waals surface area contributed by atoms with E-state index in [1.165, 1.54) is 36.4 Å². The van der Waals surface area contributed by atoms with Gasteiger partial charge in [-0.2, -0.15) is 0 Å². The van der Waals surface area contributed by atoms with Crippen molar-refractivity contribution in [2.75, 3.05) is 19.8 Å². The standard InChI is InChI=1S/C18H13FN2O7/c19-11-4-6-12(7-5-11)27-8-9-28-15(22)10-20-17(23)13-2-1-3-14(21(25)26)16(13)18(20)24/h1-7H,8-10H2. The molecule has 2 aromatic carbocycles. The van der Waals surface area contributed by atoms with E-state index in [-0.39, 0.29) is 24.3 Å². The van der Waals surface area contributed by atoms with E-state index in [4.69, 9.17) is 9.47 Å². The first kappa shape index (κ1) is 19.0. The molecule has 28 heavy (non-hydrogen) atoms. The fraction of sp³-hybridized carbons (Fsp3) is 0.167. The highest BCUT2D eigenvalue weighted by Gasteiger charge is 2.41. The van der Waals surface area contributed by atoms with Crippen LogP contribution in [0.1, 0.15) is 20.7 Å². The number of ether oxygens (including phenoxy) is 2. The van der Waals surface area contributed by atoms with Gasteiger partial charge < -0.3 is 9.47 Å². The summed E-state index contributed by atoms with van der Waals surface area (Å²) in [6, 6.07) is 8.91. The van der Waals surface area contributed by atoms with Crippen LogP contribution in [0, 0.1) is 15.9 Å². The number of hydrogen-bond donors (Lipinski definition) is 0. The average Bonchev–Trinajstić information content (AvgIpc) is 2.91. The minimum atomic E-state index is -0.924. The van der Waals surface area contributed by atoms with Crippen LogP contribution in [0.2, 0.25) is 0 Å². The molecule has 0 unspecified atom stereocenters. The van der Waals surface area contributed by atoms with Gasteiger partial charge in [-0.15, -0.1) is 0 Å². The predicted molar refractivity (Wildman–Crippen MR) is 91.3 cm³/mol. The molecule has 1 aliphatic rings. The zero-order valence-electron chi connectivity index (χ0n) is 14.3. The van der Waals surface area contributed by atoms with Gasteiger partial charge in [-0.3, -0.25) is 29.4 Å². The smallest absolute Gasteiger partial charge is 0.326 e. The van der Waals surface area contributed by atoms with Crippen molar-refractivity contribution in [1.29, 1.82) is 0 Å². The van der Waals surface area contributed by atoms with Crippen LogP contribution in [0.25, 0.3) is 0 Å². The second-order valence-corrected chi connectivity index (χ2v) is 5.68. The summed E-state index contributed by atoms with van der Waals surface area (Å²) < 4.78 is 22.9. The molecule has 9 nitrogen and oxygen atoms in total. The fourth-order valence-electron chi connectivity index (χ4n) is 2.63. The second kappa shape index (κ2) is 7.82. The molecule has 0 atom stereocenters. The summed E-state index contributed by atoms with van der Waals surface area (Å²) in [4.78, 5) is 47.4. The van der Waals surface area contributed by atoms with Crippen molar-refractivity contribution in [2.45, 2.75) is 0 Å². The van der Waals surface area contributed by atoms with Crippen LogP contribution in [-0.2, 0) is 9.53 Å². The summed E-state index contributed by atoms with van der Waals surface area (Å²) in [6.07, 6.45) is 0. The van der Waals surface area contributed by atoms with Gasteiger partial charge in [0.2, 0.25) is 0 Å². The van der Waals surface area contributed by atoms with Crippen LogP contribution in [0.4, 0.5) is 10.1 Å². The Bertz CT molecular complexity index is 959. The van der Waals surface area contributed by atoms with E-state index in [1.807, 2.05) is 0 Å². The minimum absolute atomic E-state index is 0.0229. The highest BCUT2D eigenvalue weighted by molar-refractivity contribution is 6.24. The number of carbonyl (C=O) groups excluding carboxylic acids is 3. The summed E-state index contributed by atoms with van der Waals surface area (Å²) >= 11 is 0. The fourth-order valence-corrected chi connectivity index (χ4v) is 2.63. The molecule has 1 heterocycles. The summed E-state index contributed by atoms with van der Waals surface area (Å²) in [5.74, 6) is -2.64. The van der Waals surface area contributed by atoms with Crippen molar-refractivity contribution in [3.05, 3.63) is 69.5 Å². The summed E-state index contributed by atoms with van der Waals surface area (Å²) in [7, 11) is 0. The van der Waals surface area contributed by atoms with Crippen molar-refractivity contribution in [3.8, 4) is 5.75 Å². The van der Waals surface area contributed by atoms with Crippen LogP contribution in [-0.4, -0.2) is 47.4 Å². The van der Waals surface area contributed by atoms with Gasteiger partial charge in [-0.1, -0.05) is 6.07 Å². The number of nitrogens with zero attached hydrogens (tertiary/aromatic N) is 2. The van der Waals surface area contributed by atoms with Crippen LogP contribution in [0.15, 0.2) is 42.5 Å². The number of nitro groups is 1. The zero-order chi connectivity index (χ0) is 20.3. The van der Waals surface area contributed by atoms with Crippen molar-refractivity contribution in [3.63, 3.8) is 0 Å². The maximum absolute atomic E-state index is 12.8. The van der Waals surface area contributed by atoms with Crippen molar-refractivity contribution in [2.24, 2.45) is 0 Å². The first-order chi connectivity index (χ1) is 13.4. The molecule has 2 aromatic rings. The summed E-state index contributed by atoms with van der Waals surface area (Å²) in [6.45, 7) is -0.870. The molecule has 0 radical (unpaired) electrons. The lowest BCUT2D eigenvalue weighted by atomic mass is 10.1. The Hall–Kier alpha value is -3.82. The average molecular weight is 388 g/mol. The van der Waals surface area contributed by atoms with Crippen LogP contribution < -0.4 is 4.74 Å². The third-order valence-corrected chi connectivity index (χ3v) is 3.89. The van der Waals surface area contributed by atoms with Crippen LogP contribution >= 0.6 is 0 Å². The van der Waals surface area contributed by atoms with Gasteiger partial charge in [0, 0.05) is 6.07 Å². The monoisotopic (exact) mass is 388 g/mol. The molecule has 1 aliphatic heterocycles. The van der Waals surface area contributed by atoms with Gasteiger partial charge >= 0.3 is 5.97 Å². The highest BCUT2D eigenvalue weighted by Crippen LogP contribution is 2.30. The lowest BCUT2D eigenvalue weighted by molar-refractivity contribution is -0.385. The summed E-state index contributed by atoms with van der Waals surface area (Å²) in [5, 5.41) is 11.0. The second-order valence-electron chi connectivity index (χ2n) is 5.68. The molecule has 0 spiro atoms. The number of nitro benzene ring substituents is 1. The lowest BCUT2D eigenvalue weighted by Crippen LogP contribution is -2.36. The van der Waals surface area contributed by atoms with E-state index < -0.39 is 40.8 Å². The first-order valence-corrected chi connectivity index (χ1v) is 8.06. The Kier molecular flexibility index (Phi) is 5.30. The van der Waals surface area contributed by atoms with Crippen LogP contribution in [0.5, 0.6) is 5.75 Å². The Morgan fingerprint density at radius 1 is 1.07 bits per heavy atom. The largest absolute Gasteiger partial charge is 0.490 e. The lowest BCUT2D eigenvalue weighted by Gasteiger charge is -2.13. The Morgan fingerprint density at radius 2 is 1.79 bits per heavy atom. The summed E-state index contributed by atoms with van der Waals surface area (Å²) in [5.41, 5.74) is -0.976. The quantitative estimate of drug-likeness (QED) is 0.234. The molecule has 0 fully saturated rings. The Balaban J connectivity index is 1.55. The number of esters is 1. The normalized spacial score (nSPS) is 12.7. The predicted octanol–water partition coefficient (Wildman–Crippen LogP) is 1.95. The molecule has 0 aromatic heterocycles. The number of amides is 2. The third-order valence-electron chi connectivity index (χ3n) is 3.89. The van der Waals surface area contributed by atoms with Gasteiger partial charge in [0.15, 0.2) is 0 Å². The van der Waals surface area contributed by atoms with Gasteiger partial charge in [-0.25, -0.2) is 4.39 Å². The van der Waals surface area contributed by atoms with Crippen molar-refractivity contribution < 1.29 is 33.2 Å². The van der Waals surface area contributed by atoms with Crippen LogP contribution in [0.3, 0.4) is 0 Å². The van der Waals surface area contributed by atoms with Gasteiger partial charge in [-0.05, 0) is 30.3 Å². The van der Waals surface area contributed by atoms with Crippen molar-refractivity contribution in [1.82, 2.24) is 4.90 Å². The van der Waals surface area contributed by atoms with Gasteiger partial charge in [0.25, 0.3) is 17.5 Å². The number of fused-ring (bicyclic) bond motifs is 1. The number of benzene rings is 2. The van der Waals surface area contributed by atoms with Gasteiger partial charge in [0.05, 0.1) is 10.5 Å². The molecule has 0 saturated carbocycles. The number of hydrogen-bond acceptors (Lipinski definition) is 7. The minimum Gasteiger partial charge on any atom is -0.490 e. The molecular formula is C18H13FN2O7. The van der Waals surface area contributed by atoms with E-state index in [1.54, 1.807) is 0 Å². The first-order valence-electron chi connectivity index (χ1n) is 8.06. The van der Waals surface area contributed by atoms with E-state index >= 15 is 0 Å². The molecule has 0 bridgehead atoms. The molecule has 2 amide bonds. The van der Waals surface area contributed by atoms with E-state index in [0.717, 1.165) is 6.07 Å². The molecule has 0 aliphatic carbocycles. The maximum atomic E-state index is 12.8. The molecule has 10 heteroatoms. The third kappa shape index (κ3) is 3.80. The number of rotatable bonds is 7. The molecule has 0 saturated heterocycles. The van der Waals surface area contributed by atoms with Crippen molar-refractivity contribution >= 4 is 23.5 Å². The van der Waals surface area contributed by atoms with E-state index in [0.29, 0.717) is 10.6 Å². The molecule has 0 N–H and O–H groups in total. The van der Waals surface area contributed by atoms with E-state index in [9.17, 15) is 28.9 Å². The van der Waals surface area contributed by atoms with E-state index in [2.05, 4.69) is 0 Å². The number of carbonyl (C=O) groups is 3. The Labute approximate surface area is 157 Å². The topological polar surface area (TPSA) is 116 Å². The maximum Gasteiger partial charge on any atom is 0.326 e. The highest BCUT2D eigenvalue weighted by atomic mass is 19.1. The van der Waals surface area contributed by atoms with Gasteiger partial charge in [0.1, 0.15) is 36.9 Å². The Morgan fingerprint density at radius 3 is 2.46 bits per heavy atom. The molecule has 144 valence electrons. The number of halogens is 1. The number of imide groups is 1. The molecule has 3 rings (SSSR count).